The molecular formula is C54H40N2Si. The van der Waals surface area contributed by atoms with E-state index in [1.54, 1.807) is 0 Å². The lowest BCUT2D eigenvalue weighted by Gasteiger charge is -2.21. The molecule has 9 aromatic rings. The summed E-state index contributed by atoms with van der Waals surface area (Å²) >= 11 is 0. The van der Waals surface area contributed by atoms with Crippen molar-refractivity contribution in [2.75, 3.05) is 0 Å². The molecule has 0 aliphatic carbocycles. The molecule has 0 spiro atoms. The van der Waals surface area contributed by atoms with Gasteiger partial charge in [0.25, 0.3) is 0 Å². The Balaban J connectivity index is 0.992. The van der Waals surface area contributed by atoms with Crippen LogP contribution in [0.3, 0.4) is 0 Å². The van der Waals surface area contributed by atoms with Gasteiger partial charge >= 0.3 is 0 Å². The number of hydrogen-bond acceptors (Lipinski definition) is 2. The van der Waals surface area contributed by atoms with Crippen LogP contribution in [-0.2, 0) is 0 Å². The molecule has 0 saturated carbocycles. The molecule has 0 atom stereocenters. The summed E-state index contributed by atoms with van der Waals surface area (Å²) in [7, 11) is -2.01. The summed E-state index contributed by atoms with van der Waals surface area (Å²) in [5, 5.41) is 2.76. The van der Waals surface area contributed by atoms with Crippen LogP contribution in [0.5, 0.6) is 0 Å². The number of rotatable bonds is 7. The number of nitrogens with zero attached hydrogens (tertiary/aromatic N) is 2. The van der Waals surface area contributed by atoms with Crippen molar-refractivity contribution in [2.45, 2.75) is 13.1 Å². The molecule has 3 heteroatoms. The second-order valence-corrected chi connectivity index (χ2v) is 19.7. The van der Waals surface area contributed by atoms with Crippen LogP contribution < -0.4 is 10.4 Å². The monoisotopic (exact) mass is 744 g/mol. The summed E-state index contributed by atoms with van der Waals surface area (Å²) in [6.07, 6.45) is 0. The second kappa shape index (κ2) is 14.3. The molecule has 10 rings (SSSR count). The maximum absolute atomic E-state index is 5.35. The second-order valence-electron chi connectivity index (χ2n) is 15.4. The maximum Gasteiger partial charge on any atom is 0.160 e. The van der Waals surface area contributed by atoms with Crippen molar-refractivity contribution in [1.29, 1.82) is 0 Å². The van der Waals surface area contributed by atoms with Gasteiger partial charge in [-0.15, -0.1) is 0 Å². The molecule has 8 aromatic carbocycles. The average molecular weight is 745 g/mol. The minimum absolute atomic E-state index is 0.760. The maximum atomic E-state index is 5.35. The van der Waals surface area contributed by atoms with Crippen LogP contribution in [0, 0.1) is 0 Å². The third kappa shape index (κ3) is 6.42. The predicted molar refractivity (Wildman–Crippen MR) is 242 cm³/mol. The first-order chi connectivity index (χ1) is 28.0. The molecule has 0 radical (unpaired) electrons. The van der Waals surface area contributed by atoms with Crippen LogP contribution in [0.25, 0.3) is 89.5 Å². The Hall–Kier alpha value is -6.94. The van der Waals surface area contributed by atoms with E-state index in [9.17, 15) is 0 Å². The summed E-state index contributed by atoms with van der Waals surface area (Å²) in [6, 6.07) is 74.2. The Morgan fingerprint density at radius 1 is 0.298 bits per heavy atom. The molecule has 1 aliphatic rings. The van der Waals surface area contributed by atoms with Crippen LogP contribution in [0.15, 0.2) is 206 Å². The first kappa shape index (κ1) is 34.5. The van der Waals surface area contributed by atoms with Crippen molar-refractivity contribution in [3.05, 3.63) is 206 Å². The lowest BCUT2D eigenvalue weighted by atomic mass is 9.92. The van der Waals surface area contributed by atoms with Gasteiger partial charge in [-0.2, -0.15) is 0 Å². The lowest BCUT2D eigenvalue weighted by molar-refractivity contribution is 1.20. The van der Waals surface area contributed by atoms with Crippen LogP contribution in [0.2, 0.25) is 13.1 Å². The quantitative estimate of drug-likeness (QED) is 0.152. The van der Waals surface area contributed by atoms with Crippen molar-refractivity contribution in [1.82, 2.24) is 9.97 Å². The Kier molecular flexibility index (Phi) is 8.66. The summed E-state index contributed by atoms with van der Waals surface area (Å²) in [5.74, 6) is 0.760. The Bertz CT molecular complexity index is 2840. The third-order valence-electron chi connectivity index (χ3n) is 11.5. The highest BCUT2D eigenvalue weighted by molar-refractivity contribution is 7.04. The third-order valence-corrected chi connectivity index (χ3v) is 15.0. The molecule has 0 fully saturated rings. The minimum atomic E-state index is -2.01. The molecule has 57 heavy (non-hydrogen) atoms. The standard InChI is InChI=1S/C54H40N2Si/c1-57(2)50-27-13-12-26-49(50)52-53(57)51(41-20-10-5-11-21-41)55-54(56-52)45-25-15-23-43(33-45)40-30-28-39(29-31-40)42-22-14-24-44(32-42)48-35-46(37-16-6-3-7-17-37)34-47(36-48)38-18-8-4-9-19-38/h3-36H,1-2H3. The summed E-state index contributed by atoms with van der Waals surface area (Å²) in [4.78, 5) is 10.7. The van der Waals surface area contributed by atoms with Crippen LogP contribution in [-0.4, -0.2) is 18.0 Å². The average Bonchev–Trinajstić information content (AvgIpc) is 3.52. The van der Waals surface area contributed by atoms with Crippen LogP contribution >= 0.6 is 0 Å². The van der Waals surface area contributed by atoms with Gasteiger partial charge in [-0.3, -0.25) is 0 Å². The van der Waals surface area contributed by atoms with E-state index in [2.05, 4.69) is 219 Å². The van der Waals surface area contributed by atoms with Crippen molar-refractivity contribution in [2.24, 2.45) is 0 Å². The Morgan fingerprint density at radius 2 is 0.667 bits per heavy atom. The fraction of sp³-hybridized carbons (Fsp3) is 0.0370. The SMILES string of the molecule is C[Si]1(C)c2ccccc2-c2nc(-c3cccc(-c4ccc(-c5cccc(-c6cc(-c7ccccc7)cc(-c7ccccc7)c6)c5)cc4)c3)nc(-c3ccccc3)c21. The zero-order chi connectivity index (χ0) is 38.3. The largest absolute Gasteiger partial charge is 0.228 e. The van der Waals surface area contributed by atoms with Crippen LogP contribution in [0.4, 0.5) is 0 Å². The van der Waals surface area contributed by atoms with Crippen molar-refractivity contribution >= 4 is 18.4 Å². The first-order valence-electron chi connectivity index (χ1n) is 19.6. The summed E-state index contributed by atoms with van der Waals surface area (Å²) < 4.78 is 0. The van der Waals surface area contributed by atoms with Gasteiger partial charge in [-0.05, 0) is 102 Å². The molecule has 0 unspecified atom stereocenters. The number of aromatic nitrogens is 2. The molecule has 0 N–H and O–H groups in total. The summed E-state index contributed by atoms with van der Waals surface area (Å²) in [5.41, 5.74) is 17.4. The van der Waals surface area contributed by atoms with Gasteiger partial charge in [-0.1, -0.05) is 189 Å². The molecule has 0 bridgehead atoms. The fourth-order valence-corrected chi connectivity index (χ4v) is 11.7. The number of benzene rings is 8. The van der Waals surface area contributed by atoms with Gasteiger partial charge in [0.15, 0.2) is 5.82 Å². The van der Waals surface area contributed by atoms with Gasteiger partial charge in [-0.25, -0.2) is 9.97 Å². The molecular weight excluding hydrogens is 705 g/mol. The highest BCUT2D eigenvalue weighted by Crippen LogP contribution is 2.37. The molecule has 0 saturated heterocycles. The van der Waals surface area contributed by atoms with E-state index in [-0.39, 0.29) is 0 Å². The normalized spacial score (nSPS) is 12.5. The molecule has 270 valence electrons. The van der Waals surface area contributed by atoms with Crippen molar-refractivity contribution in [3.8, 4) is 89.5 Å². The lowest BCUT2D eigenvalue weighted by Crippen LogP contribution is -2.50. The molecule has 1 aromatic heterocycles. The first-order valence-corrected chi connectivity index (χ1v) is 22.6. The van der Waals surface area contributed by atoms with Crippen molar-refractivity contribution in [3.63, 3.8) is 0 Å². The minimum Gasteiger partial charge on any atom is -0.228 e. The molecule has 2 heterocycles. The van der Waals surface area contributed by atoms with Gasteiger partial charge in [0, 0.05) is 11.1 Å². The number of fused-ring (bicyclic) bond motifs is 3. The Morgan fingerprint density at radius 3 is 1.23 bits per heavy atom. The van der Waals surface area contributed by atoms with Gasteiger partial charge in [0.1, 0.15) is 8.07 Å². The van der Waals surface area contributed by atoms with E-state index in [0.29, 0.717) is 0 Å². The Labute approximate surface area is 335 Å². The smallest absolute Gasteiger partial charge is 0.160 e. The van der Waals surface area contributed by atoms with E-state index < -0.39 is 8.07 Å². The van der Waals surface area contributed by atoms with Gasteiger partial charge < -0.3 is 0 Å². The van der Waals surface area contributed by atoms with E-state index in [1.165, 1.54) is 60.4 Å². The van der Waals surface area contributed by atoms with Gasteiger partial charge in [0.05, 0.1) is 11.4 Å². The van der Waals surface area contributed by atoms with E-state index >= 15 is 0 Å². The van der Waals surface area contributed by atoms with E-state index in [0.717, 1.165) is 39.5 Å². The van der Waals surface area contributed by atoms with E-state index in [1.807, 2.05) is 0 Å². The molecule has 2 nitrogen and oxygen atoms in total. The fourth-order valence-electron chi connectivity index (χ4n) is 8.51. The summed E-state index contributed by atoms with van der Waals surface area (Å²) in [6.45, 7) is 4.86. The highest BCUT2D eigenvalue weighted by Gasteiger charge is 2.41. The van der Waals surface area contributed by atoms with E-state index in [4.69, 9.17) is 9.97 Å². The zero-order valence-corrected chi connectivity index (χ0v) is 33.0. The van der Waals surface area contributed by atoms with Gasteiger partial charge in [0.2, 0.25) is 0 Å². The zero-order valence-electron chi connectivity index (χ0n) is 32.0. The number of hydrogen-bond donors (Lipinski definition) is 0. The highest BCUT2D eigenvalue weighted by atomic mass is 28.3. The molecule has 1 aliphatic heterocycles. The topological polar surface area (TPSA) is 25.8 Å². The van der Waals surface area contributed by atoms with Crippen molar-refractivity contribution < 1.29 is 0 Å². The molecule has 0 amide bonds. The predicted octanol–water partition coefficient (Wildman–Crippen LogP) is 12.9. The van der Waals surface area contributed by atoms with Crippen LogP contribution in [0.1, 0.15) is 0 Å².